The summed E-state index contributed by atoms with van der Waals surface area (Å²) in [6.07, 6.45) is 0. The molecule has 0 spiro atoms. The Morgan fingerprint density at radius 3 is 2.53 bits per heavy atom. The van der Waals surface area contributed by atoms with Gasteiger partial charge in [-0.2, -0.15) is 5.10 Å². The molecule has 30 heavy (non-hydrogen) atoms. The highest BCUT2D eigenvalue weighted by atomic mass is 16.5. The summed E-state index contributed by atoms with van der Waals surface area (Å²) in [4.78, 5) is 21.4. The van der Waals surface area contributed by atoms with Crippen LogP contribution in [0.25, 0.3) is 5.82 Å². The number of aromatic nitrogens is 4. The Labute approximate surface area is 175 Å². The molecular weight excluding hydrogens is 384 g/mol. The van der Waals surface area contributed by atoms with Crippen LogP contribution in [0.3, 0.4) is 0 Å². The Kier molecular flexibility index (Phi) is 6.51. The maximum Gasteiger partial charge on any atom is 0.255 e. The average molecular weight is 410 g/mol. The van der Waals surface area contributed by atoms with E-state index >= 15 is 0 Å². The van der Waals surface area contributed by atoms with E-state index in [0.717, 1.165) is 11.4 Å². The standard InChI is InChI=1S/C21H26N6O3/c1-13-11-14(2)27(26-13)19-12-18(24-15(3)25-19)22-9-10-23-21(28)16-7-6-8-17(29-4)20(16)30-5/h6-8,11-12H,9-10H2,1-5H3,(H,23,28)(H,22,24,25). The van der Waals surface area contributed by atoms with Crippen molar-refractivity contribution in [3.63, 3.8) is 0 Å². The van der Waals surface area contributed by atoms with Gasteiger partial charge in [-0.15, -0.1) is 0 Å². The van der Waals surface area contributed by atoms with E-state index in [0.29, 0.717) is 47.6 Å². The van der Waals surface area contributed by atoms with Crippen molar-refractivity contribution in [3.05, 3.63) is 53.1 Å². The van der Waals surface area contributed by atoms with Crippen LogP contribution in [0.5, 0.6) is 11.5 Å². The Bertz CT molecular complexity index is 1050. The second-order valence-electron chi connectivity index (χ2n) is 6.72. The third-order valence-corrected chi connectivity index (χ3v) is 4.42. The van der Waals surface area contributed by atoms with Crippen molar-refractivity contribution >= 4 is 11.7 Å². The van der Waals surface area contributed by atoms with Crippen LogP contribution < -0.4 is 20.1 Å². The second kappa shape index (κ2) is 9.25. The lowest BCUT2D eigenvalue weighted by Gasteiger charge is -2.13. The SMILES string of the molecule is COc1cccc(C(=O)NCCNc2cc(-n3nc(C)cc3C)nc(C)n2)c1OC. The number of aryl methyl sites for hydroxylation is 3. The molecule has 0 bridgehead atoms. The van der Waals surface area contributed by atoms with Crippen molar-refractivity contribution < 1.29 is 14.3 Å². The fraction of sp³-hybridized carbons (Fsp3) is 0.333. The van der Waals surface area contributed by atoms with E-state index in [-0.39, 0.29) is 5.91 Å². The lowest BCUT2D eigenvalue weighted by atomic mass is 10.1. The molecule has 0 aliphatic carbocycles. The minimum absolute atomic E-state index is 0.241. The highest BCUT2D eigenvalue weighted by molar-refractivity contribution is 5.97. The van der Waals surface area contributed by atoms with E-state index in [1.54, 1.807) is 22.9 Å². The third kappa shape index (κ3) is 4.68. The molecule has 2 N–H and O–H groups in total. The molecule has 3 aromatic rings. The largest absolute Gasteiger partial charge is 0.493 e. The van der Waals surface area contributed by atoms with Gasteiger partial charge in [0.25, 0.3) is 5.91 Å². The maximum atomic E-state index is 12.5. The number of nitrogens with zero attached hydrogens (tertiary/aromatic N) is 4. The Hall–Kier alpha value is -3.62. The number of methoxy groups -OCH3 is 2. The Morgan fingerprint density at radius 2 is 1.87 bits per heavy atom. The van der Waals surface area contributed by atoms with Crippen molar-refractivity contribution in [2.24, 2.45) is 0 Å². The number of nitrogens with one attached hydrogen (secondary N) is 2. The minimum Gasteiger partial charge on any atom is -0.493 e. The van der Waals surface area contributed by atoms with E-state index in [1.807, 2.05) is 32.9 Å². The molecule has 3 rings (SSSR count). The second-order valence-corrected chi connectivity index (χ2v) is 6.72. The normalized spacial score (nSPS) is 10.6. The lowest BCUT2D eigenvalue weighted by molar-refractivity contribution is 0.0951. The topological polar surface area (TPSA) is 103 Å². The highest BCUT2D eigenvalue weighted by Gasteiger charge is 2.16. The van der Waals surface area contributed by atoms with E-state index in [1.165, 1.54) is 14.2 Å². The van der Waals surface area contributed by atoms with Gasteiger partial charge >= 0.3 is 0 Å². The van der Waals surface area contributed by atoms with E-state index in [2.05, 4.69) is 25.7 Å². The smallest absolute Gasteiger partial charge is 0.255 e. The number of para-hydroxylation sites is 1. The lowest BCUT2D eigenvalue weighted by Crippen LogP contribution is -2.29. The van der Waals surface area contributed by atoms with Crippen molar-refractivity contribution in [2.75, 3.05) is 32.6 Å². The molecule has 0 atom stereocenters. The molecule has 2 aromatic heterocycles. The molecule has 9 heteroatoms. The van der Waals surface area contributed by atoms with Gasteiger partial charge in [-0.3, -0.25) is 4.79 Å². The number of ether oxygens (including phenoxy) is 2. The van der Waals surface area contributed by atoms with E-state index < -0.39 is 0 Å². The van der Waals surface area contributed by atoms with Gasteiger partial charge in [0.15, 0.2) is 17.3 Å². The van der Waals surface area contributed by atoms with Gasteiger partial charge in [0.1, 0.15) is 11.6 Å². The van der Waals surface area contributed by atoms with Crippen LogP contribution in [0, 0.1) is 20.8 Å². The summed E-state index contributed by atoms with van der Waals surface area (Å²) < 4.78 is 12.3. The monoisotopic (exact) mass is 410 g/mol. The predicted octanol–water partition coefficient (Wildman–Crippen LogP) is 2.45. The first kappa shape index (κ1) is 21.1. The van der Waals surface area contributed by atoms with Gasteiger partial charge < -0.3 is 20.1 Å². The van der Waals surface area contributed by atoms with Crippen molar-refractivity contribution in [1.82, 2.24) is 25.1 Å². The number of hydrogen-bond donors (Lipinski definition) is 2. The highest BCUT2D eigenvalue weighted by Crippen LogP contribution is 2.30. The fourth-order valence-corrected chi connectivity index (χ4v) is 3.14. The summed E-state index contributed by atoms with van der Waals surface area (Å²) in [6.45, 7) is 6.64. The summed E-state index contributed by atoms with van der Waals surface area (Å²) in [7, 11) is 3.04. The number of benzene rings is 1. The van der Waals surface area contributed by atoms with Gasteiger partial charge in [-0.05, 0) is 39.0 Å². The quantitative estimate of drug-likeness (QED) is 0.550. The zero-order chi connectivity index (χ0) is 21.7. The van der Waals surface area contributed by atoms with Crippen LogP contribution in [0.15, 0.2) is 30.3 Å². The molecule has 1 amide bonds. The van der Waals surface area contributed by atoms with Crippen LogP contribution in [-0.4, -0.2) is 53.0 Å². The molecule has 2 heterocycles. The molecule has 9 nitrogen and oxygen atoms in total. The first-order chi connectivity index (χ1) is 14.4. The van der Waals surface area contributed by atoms with Gasteiger partial charge in [-0.1, -0.05) is 6.07 Å². The van der Waals surface area contributed by atoms with E-state index in [9.17, 15) is 4.79 Å². The molecule has 0 saturated heterocycles. The molecule has 0 aliphatic heterocycles. The minimum atomic E-state index is -0.241. The molecular formula is C21H26N6O3. The van der Waals surface area contributed by atoms with Crippen molar-refractivity contribution in [1.29, 1.82) is 0 Å². The summed E-state index contributed by atoms with van der Waals surface area (Å²) in [5, 5.41) is 10.6. The van der Waals surface area contributed by atoms with E-state index in [4.69, 9.17) is 9.47 Å². The van der Waals surface area contributed by atoms with Crippen molar-refractivity contribution in [2.45, 2.75) is 20.8 Å². The number of hydrogen-bond acceptors (Lipinski definition) is 7. The maximum absolute atomic E-state index is 12.5. The number of amides is 1. The summed E-state index contributed by atoms with van der Waals surface area (Å²) >= 11 is 0. The molecule has 0 aliphatic rings. The van der Waals surface area contributed by atoms with Gasteiger partial charge in [-0.25, -0.2) is 14.6 Å². The number of rotatable bonds is 8. The first-order valence-electron chi connectivity index (χ1n) is 9.55. The molecule has 0 saturated carbocycles. The van der Waals surface area contributed by atoms with Gasteiger partial charge in [0.05, 0.1) is 25.5 Å². The third-order valence-electron chi connectivity index (χ3n) is 4.42. The first-order valence-corrected chi connectivity index (χ1v) is 9.55. The Morgan fingerprint density at radius 1 is 1.07 bits per heavy atom. The molecule has 0 unspecified atom stereocenters. The number of carbonyl (C=O) groups excluding carboxylic acids is 1. The zero-order valence-electron chi connectivity index (χ0n) is 17.8. The summed E-state index contributed by atoms with van der Waals surface area (Å²) in [6, 6.07) is 9.01. The molecule has 0 fully saturated rings. The van der Waals surface area contributed by atoms with Crippen LogP contribution in [-0.2, 0) is 0 Å². The van der Waals surface area contributed by atoms with Crippen LogP contribution in [0.4, 0.5) is 5.82 Å². The van der Waals surface area contributed by atoms with Crippen LogP contribution in [0.1, 0.15) is 27.6 Å². The van der Waals surface area contributed by atoms with Crippen LogP contribution >= 0.6 is 0 Å². The fourth-order valence-electron chi connectivity index (χ4n) is 3.14. The molecule has 0 radical (unpaired) electrons. The van der Waals surface area contributed by atoms with Gasteiger partial charge in [0, 0.05) is 24.8 Å². The van der Waals surface area contributed by atoms with Gasteiger partial charge in [0.2, 0.25) is 0 Å². The zero-order valence-corrected chi connectivity index (χ0v) is 17.8. The number of anilines is 1. The Balaban J connectivity index is 1.62. The summed E-state index contributed by atoms with van der Waals surface area (Å²) in [5.41, 5.74) is 2.34. The van der Waals surface area contributed by atoms with Crippen molar-refractivity contribution in [3.8, 4) is 17.3 Å². The molecule has 158 valence electrons. The van der Waals surface area contributed by atoms with Crippen LogP contribution in [0.2, 0.25) is 0 Å². The summed E-state index contributed by atoms with van der Waals surface area (Å²) in [5.74, 6) is 2.67. The molecule has 1 aromatic carbocycles. The number of carbonyl (C=O) groups is 1. The predicted molar refractivity (Wildman–Crippen MR) is 114 cm³/mol. The average Bonchev–Trinajstić information content (AvgIpc) is 3.07.